The third-order valence-corrected chi connectivity index (χ3v) is 3.78. The van der Waals surface area contributed by atoms with Gasteiger partial charge in [0.15, 0.2) is 0 Å². The van der Waals surface area contributed by atoms with Crippen molar-refractivity contribution in [1.29, 1.82) is 0 Å². The molecule has 0 radical (unpaired) electrons. The van der Waals surface area contributed by atoms with Crippen LogP contribution in [0.4, 0.5) is 0 Å². The monoisotopic (exact) mass is 309 g/mol. The molecule has 0 fully saturated rings. The number of aromatic nitrogens is 1. The molecule has 0 unspecified atom stereocenters. The molecule has 1 N–H and O–H groups in total. The van der Waals surface area contributed by atoms with Crippen molar-refractivity contribution in [2.75, 3.05) is 14.2 Å². The highest BCUT2D eigenvalue weighted by Gasteiger charge is 2.15. The molecule has 0 aliphatic heterocycles. The van der Waals surface area contributed by atoms with Crippen molar-refractivity contribution in [2.24, 2.45) is 0 Å². The number of hydrogen-bond donors (Lipinski definition) is 1. The summed E-state index contributed by atoms with van der Waals surface area (Å²) in [6.07, 6.45) is -0.115. The van der Waals surface area contributed by atoms with Crippen LogP contribution in [-0.4, -0.2) is 29.9 Å². The van der Waals surface area contributed by atoms with Gasteiger partial charge in [-0.25, -0.2) is 0 Å². The summed E-state index contributed by atoms with van der Waals surface area (Å²) in [4.78, 5) is 22.4. The van der Waals surface area contributed by atoms with Gasteiger partial charge in [0.25, 0.3) is 0 Å². The summed E-state index contributed by atoms with van der Waals surface area (Å²) in [5.41, 5.74) is 1.32. The molecule has 21 heavy (non-hydrogen) atoms. The largest absolute Gasteiger partial charge is 0.497 e. The van der Waals surface area contributed by atoms with E-state index in [9.17, 15) is 9.59 Å². The van der Waals surface area contributed by atoms with Crippen LogP contribution in [0.2, 0.25) is 0 Å². The van der Waals surface area contributed by atoms with Crippen LogP contribution in [0.5, 0.6) is 11.5 Å². The summed E-state index contributed by atoms with van der Waals surface area (Å²) in [7, 11) is 3.09. The Labute approximate surface area is 125 Å². The van der Waals surface area contributed by atoms with E-state index in [4.69, 9.17) is 14.6 Å². The second-order valence-corrected chi connectivity index (χ2v) is 5.07. The molecule has 0 spiro atoms. The van der Waals surface area contributed by atoms with E-state index in [0.717, 1.165) is 11.3 Å². The van der Waals surface area contributed by atoms with E-state index in [2.05, 4.69) is 0 Å². The molecule has 1 heterocycles. The average molecular weight is 309 g/mol. The average Bonchev–Trinajstić information content (AvgIpc) is 2.85. The molecular weight excluding hydrogens is 294 g/mol. The smallest absolute Gasteiger partial charge is 0.307 e. The van der Waals surface area contributed by atoms with Crippen LogP contribution in [-0.2, 0) is 11.3 Å². The second kappa shape index (κ2) is 6.45. The fraction of sp³-hybridized carbons (Fsp3) is 0.286. The number of hydrogen-bond acceptors (Lipinski definition) is 5. The van der Waals surface area contributed by atoms with Crippen molar-refractivity contribution in [3.63, 3.8) is 0 Å². The maximum Gasteiger partial charge on any atom is 0.307 e. The molecule has 2 aromatic rings. The zero-order valence-electron chi connectivity index (χ0n) is 11.7. The zero-order valence-corrected chi connectivity index (χ0v) is 12.5. The summed E-state index contributed by atoms with van der Waals surface area (Å²) in [5.74, 6) is 0.281. The number of carboxylic acid groups (broad SMARTS) is 1. The van der Waals surface area contributed by atoms with E-state index < -0.39 is 5.97 Å². The highest BCUT2D eigenvalue weighted by molar-refractivity contribution is 7.07. The minimum atomic E-state index is -0.948. The Bertz CT molecular complexity index is 704. The Morgan fingerprint density at radius 2 is 2.10 bits per heavy atom. The van der Waals surface area contributed by atoms with Crippen molar-refractivity contribution < 1.29 is 19.4 Å². The lowest BCUT2D eigenvalue weighted by atomic mass is 10.1. The number of thiazole rings is 1. The molecule has 6 nitrogen and oxygen atoms in total. The minimum absolute atomic E-state index is 0.115. The number of aliphatic carboxylic acids is 1. The number of ether oxygens (including phenoxy) is 2. The fourth-order valence-corrected chi connectivity index (χ4v) is 2.76. The van der Waals surface area contributed by atoms with Crippen molar-refractivity contribution >= 4 is 17.3 Å². The maximum atomic E-state index is 11.9. The molecule has 0 aliphatic rings. The number of rotatable bonds is 6. The van der Waals surface area contributed by atoms with Crippen molar-refractivity contribution in [3.05, 3.63) is 33.2 Å². The predicted molar refractivity (Wildman–Crippen MR) is 79.4 cm³/mol. The molecule has 0 atom stereocenters. The van der Waals surface area contributed by atoms with Gasteiger partial charge in [-0.3, -0.25) is 14.2 Å². The van der Waals surface area contributed by atoms with Gasteiger partial charge in [-0.15, -0.1) is 0 Å². The topological polar surface area (TPSA) is 77.8 Å². The van der Waals surface area contributed by atoms with Gasteiger partial charge in [0.1, 0.15) is 11.5 Å². The minimum Gasteiger partial charge on any atom is -0.497 e. The Balaban J connectivity index is 2.51. The number of benzene rings is 1. The quantitative estimate of drug-likeness (QED) is 0.884. The van der Waals surface area contributed by atoms with Gasteiger partial charge >= 0.3 is 10.8 Å². The third kappa shape index (κ3) is 3.25. The van der Waals surface area contributed by atoms with Crippen LogP contribution in [0.1, 0.15) is 6.42 Å². The Hall–Kier alpha value is -2.28. The summed E-state index contributed by atoms with van der Waals surface area (Å²) in [6.45, 7) is 0.118. The lowest BCUT2D eigenvalue weighted by Gasteiger charge is -2.12. The molecule has 0 bridgehead atoms. The lowest BCUT2D eigenvalue weighted by Crippen LogP contribution is -2.16. The maximum absolute atomic E-state index is 11.9. The zero-order chi connectivity index (χ0) is 15.4. The van der Waals surface area contributed by atoms with E-state index in [1.807, 2.05) is 0 Å². The van der Waals surface area contributed by atoms with E-state index >= 15 is 0 Å². The van der Waals surface area contributed by atoms with E-state index in [0.29, 0.717) is 22.8 Å². The van der Waals surface area contributed by atoms with Gasteiger partial charge in [0, 0.05) is 17.5 Å². The van der Waals surface area contributed by atoms with Crippen molar-refractivity contribution in [3.8, 4) is 22.8 Å². The van der Waals surface area contributed by atoms with Gasteiger partial charge in [-0.2, -0.15) is 0 Å². The molecule has 0 saturated heterocycles. The first-order valence-corrected chi connectivity index (χ1v) is 7.07. The fourth-order valence-electron chi connectivity index (χ4n) is 1.97. The number of carboxylic acids is 1. The lowest BCUT2D eigenvalue weighted by molar-refractivity contribution is -0.137. The molecule has 1 aromatic carbocycles. The highest BCUT2D eigenvalue weighted by atomic mass is 32.1. The number of methoxy groups -OCH3 is 2. The molecule has 2 rings (SSSR count). The van der Waals surface area contributed by atoms with E-state index in [-0.39, 0.29) is 17.8 Å². The van der Waals surface area contributed by atoms with Crippen LogP contribution in [0.15, 0.2) is 28.4 Å². The van der Waals surface area contributed by atoms with Gasteiger partial charge in [-0.1, -0.05) is 11.3 Å². The van der Waals surface area contributed by atoms with Gasteiger partial charge in [0.2, 0.25) is 0 Å². The summed E-state index contributed by atoms with van der Waals surface area (Å²) >= 11 is 1.03. The summed E-state index contributed by atoms with van der Waals surface area (Å²) in [6, 6.07) is 5.27. The molecule has 112 valence electrons. The van der Waals surface area contributed by atoms with Gasteiger partial charge in [-0.05, 0) is 18.2 Å². The first-order valence-electron chi connectivity index (χ1n) is 6.19. The van der Waals surface area contributed by atoms with Gasteiger partial charge < -0.3 is 14.6 Å². The molecular formula is C14H15NO5S. The van der Waals surface area contributed by atoms with E-state index in [1.165, 1.54) is 11.7 Å². The third-order valence-electron chi connectivity index (χ3n) is 3.01. The number of carbonyl (C=O) groups is 1. The molecule has 7 heteroatoms. The normalized spacial score (nSPS) is 10.4. The van der Waals surface area contributed by atoms with Crippen LogP contribution < -0.4 is 14.3 Å². The van der Waals surface area contributed by atoms with Gasteiger partial charge in [0.05, 0.1) is 26.3 Å². The summed E-state index contributed by atoms with van der Waals surface area (Å²) in [5, 5.41) is 10.5. The van der Waals surface area contributed by atoms with Crippen molar-refractivity contribution in [2.45, 2.75) is 13.0 Å². The first kappa shape index (κ1) is 15.1. The molecule has 0 saturated carbocycles. The highest BCUT2D eigenvalue weighted by Crippen LogP contribution is 2.33. The Kier molecular flexibility index (Phi) is 4.64. The molecule has 0 aliphatic carbocycles. The Morgan fingerprint density at radius 1 is 1.33 bits per heavy atom. The van der Waals surface area contributed by atoms with E-state index in [1.54, 1.807) is 30.7 Å². The second-order valence-electron chi connectivity index (χ2n) is 4.25. The van der Waals surface area contributed by atoms with Crippen LogP contribution >= 0.6 is 11.3 Å². The first-order chi connectivity index (χ1) is 10.1. The molecule has 1 aromatic heterocycles. The summed E-state index contributed by atoms with van der Waals surface area (Å²) < 4.78 is 11.9. The molecule has 0 amide bonds. The van der Waals surface area contributed by atoms with Crippen molar-refractivity contribution in [1.82, 2.24) is 4.57 Å². The van der Waals surface area contributed by atoms with Crippen LogP contribution in [0, 0.1) is 0 Å². The predicted octanol–water partition coefficient (Wildman–Crippen LogP) is 2.07. The van der Waals surface area contributed by atoms with Crippen LogP contribution in [0.3, 0.4) is 0 Å². The standard InChI is InChI=1S/C14H15NO5S/c1-19-9-3-4-12(20-2)10(7-9)11-8-21-14(18)15(11)6-5-13(16)17/h3-4,7-8H,5-6H2,1-2H3,(H,16,17). The van der Waals surface area contributed by atoms with Crippen LogP contribution in [0.25, 0.3) is 11.3 Å². The number of nitrogens with zero attached hydrogens (tertiary/aromatic N) is 1. The Morgan fingerprint density at radius 3 is 2.71 bits per heavy atom. The SMILES string of the molecule is COc1ccc(OC)c(-c2csc(=O)n2CCC(=O)O)c1.